The third kappa shape index (κ3) is 3.60. The van der Waals surface area contributed by atoms with Crippen LogP contribution >= 0.6 is 0 Å². The Morgan fingerprint density at radius 2 is 1.94 bits per heavy atom. The summed E-state index contributed by atoms with van der Waals surface area (Å²) in [7, 11) is 0. The number of rotatable bonds is 4. The van der Waals surface area contributed by atoms with Crippen LogP contribution in [0.15, 0.2) is 55.2 Å². The summed E-state index contributed by atoms with van der Waals surface area (Å²) < 4.78 is 0. The van der Waals surface area contributed by atoms with E-state index in [0.29, 0.717) is 0 Å². The summed E-state index contributed by atoms with van der Waals surface area (Å²) in [6.45, 7) is 13.8. The average Bonchev–Trinajstić information content (AvgIpc) is 2.29. The van der Waals surface area contributed by atoms with Crippen molar-refractivity contribution in [3.05, 3.63) is 71.8 Å². The van der Waals surface area contributed by atoms with Gasteiger partial charge < -0.3 is 0 Å². The predicted molar refractivity (Wildman–Crippen MR) is 78.9 cm³/mol. The van der Waals surface area contributed by atoms with Crippen LogP contribution in [0.25, 0.3) is 11.6 Å². The molecule has 0 aliphatic rings. The fraction of sp³-hybridized carbons (Fsp3) is 0.176. The zero-order chi connectivity index (χ0) is 12.8. The van der Waals surface area contributed by atoms with Gasteiger partial charge in [-0.3, -0.25) is 0 Å². The van der Waals surface area contributed by atoms with Crippen LogP contribution in [0.1, 0.15) is 30.5 Å². The molecule has 0 heteroatoms. The predicted octanol–water partition coefficient (Wildman–Crippen LogP) is 5.17. The second-order valence-corrected chi connectivity index (χ2v) is 4.20. The molecule has 0 atom stereocenters. The van der Waals surface area contributed by atoms with Gasteiger partial charge in [0.25, 0.3) is 0 Å². The molecule has 0 unspecified atom stereocenters. The summed E-state index contributed by atoms with van der Waals surface area (Å²) in [5.74, 6) is 0. The van der Waals surface area contributed by atoms with Crippen LogP contribution in [0.4, 0.5) is 0 Å². The monoisotopic (exact) mass is 224 g/mol. The first-order chi connectivity index (χ1) is 8.08. The molecule has 0 saturated heterocycles. The summed E-state index contributed by atoms with van der Waals surface area (Å²) in [4.78, 5) is 0. The normalized spacial score (nSPS) is 11.8. The molecule has 0 spiro atoms. The molecule has 0 bridgehead atoms. The highest BCUT2D eigenvalue weighted by molar-refractivity contribution is 5.75. The van der Waals surface area contributed by atoms with Crippen molar-refractivity contribution in [1.82, 2.24) is 0 Å². The van der Waals surface area contributed by atoms with Gasteiger partial charge >= 0.3 is 0 Å². The minimum absolute atomic E-state index is 1.06. The lowest BCUT2D eigenvalue weighted by atomic mass is 9.99. The summed E-state index contributed by atoms with van der Waals surface area (Å²) >= 11 is 0. The summed E-state index contributed by atoms with van der Waals surface area (Å²) in [6.07, 6.45) is 8.14. The van der Waals surface area contributed by atoms with E-state index in [0.717, 1.165) is 5.57 Å². The molecule has 1 aromatic carbocycles. The third-order valence-electron chi connectivity index (χ3n) is 2.68. The lowest BCUT2D eigenvalue weighted by molar-refractivity contribution is 1.42. The SMILES string of the molecule is C=Cc1ccc(C(/C=C\C(=C)C)=C/C)cc1C. The second-order valence-electron chi connectivity index (χ2n) is 4.20. The Morgan fingerprint density at radius 1 is 1.24 bits per heavy atom. The zero-order valence-electron chi connectivity index (χ0n) is 11.0. The van der Waals surface area contributed by atoms with Gasteiger partial charge in [0, 0.05) is 0 Å². The number of hydrogen-bond donors (Lipinski definition) is 0. The standard InChI is InChI=1S/C17H20/c1-6-15-10-11-17(12-14(15)5)16(7-2)9-8-13(3)4/h6-12H,1,3H2,2,4-5H3/b9-8-,16-7+. The van der Waals surface area contributed by atoms with Crippen LogP contribution in [0.2, 0.25) is 0 Å². The molecule has 0 nitrogen and oxygen atoms in total. The molecule has 17 heavy (non-hydrogen) atoms. The Morgan fingerprint density at radius 3 is 2.41 bits per heavy atom. The number of allylic oxidation sites excluding steroid dienone is 5. The summed E-state index contributed by atoms with van der Waals surface area (Å²) in [5, 5.41) is 0. The maximum atomic E-state index is 3.87. The molecule has 88 valence electrons. The minimum Gasteiger partial charge on any atom is -0.0985 e. The molecule has 0 aromatic heterocycles. The molecule has 0 heterocycles. The van der Waals surface area contributed by atoms with Crippen LogP contribution in [0.5, 0.6) is 0 Å². The van der Waals surface area contributed by atoms with Crippen LogP contribution in [-0.2, 0) is 0 Å². The van der Waals surface area contributed by atoms with E-state index in [1.165, 1.54) is 22.3 Å². The average molecular weight is 224 g/mol. The highest BCUT2D eigenvalue weighted by atomic mass is 14.0. The highest BCUT2D eigenvalue weighted by Gasteiger charge is 2.00. The highest BCUT2D eigenvalue weighted by Crippen LogP contribution is 2.20. The van der Waals surface area contributed by atoms with Gasteiger partial charge in [0.2, 0.25) is 0 Å². The van der Waals surface area contributed by atoms with E-state index in [1.807, 2.05) is 19.1 Å². The smallest absolute Gasteiger partial charge is 0.0184 e. The first kappa shape index (κ1) is 13.2. The van der Waals surface area contributed by atoms with Crippen molar-refractivity contribution in [2.45, 2.75) is 20.8 Å². The van der Waals surface area contributed by atoms with Gasteiger partial charge in [-0.05, 0) is 43.0 Å². The maximum absolute atomic E-state index is 3.87. The van der Waals surface area contributed by atoms with Crippen molar-refractivity contribution in [2.24, 2.45) is 0 Å². The van der Waals surface area contributed by atoms with Crippen LogP contribution < -0.4 is 0 Å². The zero-order valence-corrected chi connectivity index (χ0v) is 11.0. The van der Waals surface area contributed by atoms with Gasteiger partial charge in [-0.2, -0.15) is 0 Å². The molecule has 1 rings (SSSR count). The van der Waals surface area contributed by atoms with Crippen LogP contribution in [0, 0.1) is 6.92 Å². The van der Waals surface area contributed by atoms with Crippen LogP contribution in [0.3, 0.4) is 0 Å². The molecule has 0 aliphatic heterocycles. The first-order valence-electron chi connectivity index (χ1n) is 5.82. The Hall–Kier alpha value is -1.82. The Kier molecular flexibility index (Phi) is 4.71. The van der Waals surface area contributed by atoms with E-state index < -0.39 is 0 Å². The quantitative estimate of drug-likeness (QED) is 0.619. The van der Waals surface area contributed by atoms with Crippen LogP contribution in [-0.4, -0.2) is 0 Å². The first-order valence-corrected chi connectivity index (χ1v) is 5.82. The number of aryl methyl sites for hydroxylation is 1. The van der Waals surface area contributed by atoms with Crippen molar-refractivity contribution < 1.29 is 0 Å². The van der Waals surface area contributed by atoms with Crippen molar-refractivity contribution in [1.29, 1.82) is 0 Å². The summed E-state index contributed by atoms with van der Waals surface area (Å²) in [5.41, 5.74) is 5.94. The van der Waals surface area contributed by atoms with Crippen molar-refractivity contribution in [3.8, 4) is 0 Å². The van der Waals surface area contributed by atoms with Gasteiger partial charge in [0.1, 0.15) is 0 Å². The fourth-order valence-electron chi connectivity index (χ4n) is 1.68. The van der Waals surface area contributed by atoms with Crippen molar-refractivity contribution in [3.63, 3.8) is 0 Å². The Labute approximate surface area is 105 Å². The van der Waals surface area contributed by atoms with E-state index in [-0.39, 0.29) is 0 Å². The topological polar surface area (TPSA) is 0 Å². The Balaban J connectivity index is 3.10. The lowest BCUT2D eigenvalue weighted by Crippen LogP contribution is -1.86. The van der Waals surface area contributed by atoms with E-state index in [2.05, 4.69) is 57.4 Å². The van der Waals surface area contributed by atoms with Crippen molar-refractivity contribution >= 4 is 11.6 Å². The fourth-order valence-corrected chi connectivity index (χ4v) is 1.68. The molecule has 1 aromatic rings. The minimum atomic E-state index is 1.06. The second kappa shape index (κ2) is 6.05. The van der Waals surface area contributed by atoms with E-state index >= 15 is 0 Å². The van der Waals surface area contributed by atoms with Gasteiger partial charge in [-0.1, -0.05) is 61.2 Å². The molecule has 0 radical (unpaired) electrons. The van der Waals surface area contributed by atoms with Gasteiger partial charge in [0.15, 0.2) is 0 Å². The van der Waals surface area contributed by atoms with Crippen molar-refractivity contribution in [2.75, 3.05) is 0 Å². The molecule has 0 aliphatic carbocycles. The van der Waals surface area contributed by atoms with Gasteiger partial charge in [-0.25, -0.2) is 0 Å². The molecule has 0 N–H and O–H groups in total. The lowest BCUT2D eigenvalue weighted by Gasteiger charge is -2.06. The molecule has 0 saturated carbocycles. The molecule has 0 amide bonds. The third-order valence-corrected chi connectivity index (χ3v) is 2.68. The molecular formula is C17H20. The number of benzene rings is 1. The summed E-state index contributed by atoms with van der Waals surface area (Å²) in [6, 6.07) is 6.42. The van der Waals surface area contributed by atoms with E-state index in [4.69, 9.17) is 0 Å². The Bertz CT molecular complexity index is 485. The van der Waals surface area contributed by atoms with E-state index in [1.54, 1.807) is 0 Å². The number of hydrogen-bond acceptors (Lipinski definition) is 0. The molecular weight excluding hydrogens is 204 g/mol. The van der Waals surface area contributed by atoms with E-state index in [9.17, 15) is 0 Å². The largest absolute Gasteiger partial charge is 0.0985 e. The van der Waals surface area contributed by atoms with Gasteiger partial charge in [-0.15, -0.1) is 0 Å². The molecule has 0 fully saturated rings. The maximum Gasteiger partial charge on any atom is -0.0184 e. The van der Waals surface area contributed by atoms with Gasteiger partial charge in [0.05, 0.1) is 0 Å².